The molecular formula is C29H43N3O5S. The van der Waals surface area contributed by atoms with E-state index in [0.29, 0.717) is 24.3 Å². The molecule has 0 heterocycles. The number of sulfonamides is 1. The molecule has 9 heteroatoms. The zero-order valence-electron chi connectivity index (χ0n) is 23.8. The quantitative estimate of drug-likeness (QED) is 0.375. The number of hydrogen-bond donors (Lipinski definition) is 1. The lowest BCUT2D eigenvalue weighted by atomic mass is 10.1. The molecule has 2 aromatic rings. The van der Waals surface area contributed by atoms with Crippen LogP contribution in [0, 0.1) is 13.8 Å². The summed E-state index contributed by atoms with van der Waals surface area (Å²) in [6.07, 6.45) is 2.85. The number of nitrogens with one attached hydrogen (secondary N) is 1. The summed E-state index contributed by atoms with van der Waals surface area (Å²) >= 11 is 0. The van der Waals surface area contributed by atoms with Gasteiger partial charge >= 0.3 is 0 Å². The minimum Gasteiger partial charge on any atom is -0.497 e. The van der Waals surface area contributed by atoms with Crippen LogP contribution in [0.3, 0.4) is 0 Å². The lowest BCUT2D eigenvalue weighted by Gasteiger charge is -2.32. The summed E-state index contributed by atoms with van der Waals surface area (Å²) < 4.78 is 31.8. The lowest BCUT2D eigenvalue weighted by Crippen LogP contribution is -2.50. The Morgan fingerprint density at radius 3 is 2.11 bits per heavy atom. The number of nitrogens with zero attached hydrogens (tertiary/aromatic N) is 2. The van der Waals surface area contributed by atoms with Crippen LogP contribution in [0.15, 0.2) is 42.5 Å². The molecule has 0 spiro atoms. The van der Waals surface area contributed by atoms with Crippen LogP contribution in [0.1, 0.15) is 63.1 Å². The highest BCUT2D eigenvalue weighted by molar-refractivity contribution is 7.92. The number of carbonyl (C=O) groups is 2. The number of carbonyl (C=O) groups excluding carboxylic acids is 2. The fourth-order valence-corrected chi connectivity index (χ4v) is 5.34. The van der Waals surface area contributed by atoms with E-state index in [0.717, 1.165) is 23.1 Å². The van der Waals surface area contributed by atoms with Crippen molar-refractivity contribution in [3.05, 3.63) is 59.2 Å². The minimum atomic E-state index is -3.54. The monoisotopic (exact) mass is 545 g/mol. The van der Waals surface area contributed by atoms with Crippen molar-refractivity contribution in [2.45, 2.75) is 78.9 Å². The third-order valence-electron chi connectivity index (χ3n) is 6.55. The highest BCUT2D eigenvalue weighted by Crippen LogP contribution is 2.23. The van der Waals surface area contributed by atoms with Crippen molar-refractivity contribution in [2.75, 3.05) is 24.2 Å². The maximum absolute atomic E-state index is 13.6. The zero-order valence-corrected chi connectivity index (χ0v) is 24.6. The average molecular weight is 546 g/mol. The molecule has 38 heavy (non-hydrogen) atoms. The molecule has 0 unspecified atom stereocenters. The molecule has 8 nitrogen and oxygen atoms in total. The predicted octanol–water partition coefficient (Wildman–Crippen LogP) is 4.58. The van der Waals surface area contributed by atoms with Gasteiger partial charge in [0.05, 0.1) is 19.1 Å². The summed E-state index contributed by atoms with van der Waals surface area (Å²) in [6, 6.07) is 12.4. The molecule has 1 N–H and O–H groups in total. The van der Waals surface area contributed by atoms with Gasteiger partial charge in [-0.15, -0.1) is 0 Å². The number of hydrogen-bond acceptors (Lipinski definition) is 5. The van der Waals surface area contributed by atoms with Gasteiger partial charge < -0.3 is 15.0 Å². The van der Waals surface area contributed by atoms with Crippen LogP contribution in [-0.2, 0) is 26.2 Å². The molecule has 2 amide bonds. The standard InChI is InChI=1S/C29H43N3O5S/c1-8-23(5)30-29(34)27(9-2)31(20-24-12-14-26(37-6)15-13-24)28(33)11-10-16-32(38(7,35)36)25-18-21(3)17-22(4)19-25/h12-15,17-19,23,27H,8-11,16,20H2,1-7H3,(H,30,34)/t23-,27-/m0/s1. The van der Waals surface area contributed by atoms with Crippen molar-refractivity contribution in [1.82, 2.24) is 10.2 Å². The van der Waals surface area contributed by atoms with Gasteiger partial charge in [0.25, 0.3) is 0 Å². The summed E-state index contributed by atoms with van der Waals surface area (Å²) in [4.78, 5) is 28.3. The first-order valence-electron chi connectivity index (χ1n) is 13.2. The Balaban J connectivity index is 2.25. The van der Waals surface area contributed by atoms with Gasteiger partial charge in [-0.2, -0.15) is 0 Å². The third-order valence-corrected chi connectivity index (χ3v) is 7.74. The predicted molar refractivity (Wildman–Crippen MR) is 153 cm³/mol. The molecule has 0 saturated carbocycles. The summed E-state index contributed by atoms with van der Waals surface area (Å²) in [5.41, 5.74) is 3.40. The van der Waals surface area contributed by atoms with Crippen LogP contribution in [0.2, 0.25) is 0 Å². The van der Waals surface area contributed by atoms with Crippen molar-refractivity contribution in [3.8, 4) is 5.75 Å². The molecule has 0 aliphatic heterocycles. The molecule has 2 atom stereocenters. The Morgan fingerprint density at radius 2 is 1.61 bits per heavy atom. The van der Waals surface area contributed by atoms with Gasteiger partial charge in [0.2, 0.25) is 21.8 Å². The average Bonchev–Trinajstić information content (AvgIpc) is 2.85. The first-order chi connectivity index (χ1) is 17.9. The first-order valence-corrected chi connectivity index (χ1v) is 15.0. The van der Waals surface area contributed by atoms with Crippen LogP contribution < -0.4 is 14.4 Å². The van der Waals surface area contributed by atoms with Crippen molar-refractivity contribution in [2.24, 2.45) is 0 Å². The van der Waals surface area contributed by atoms with E-state index >= 15 is 0 Å². The van der Waals surface area contributed by atoms with Gasteiger partial charge in [-0.3, -0.25) is 13.9 Å². The topological polar surface area (TPSA) is 96.0 Å². The summed E-state index contributed by atoms with van der Waals surface area (Å²) in [5, 5.41) is 3.01. The van der Waals surface area contributed by atoms with E-state index in [1.807, 2.05) is 77.1 Å². The minimum absolute atomic E-state index is 0.00408. The van der Waals surface area contributed by atoms with Gasteiger partial charge in [-0.1, -0.05) is 32.0 Å². The van der Waals surface area contributed by atoms with Crippen molar-refractivity contribution < 1.29 is 22.7 Å². The van der Waals surface area contributed by atoms with Gasteiger partial charge in [-0.25, -0.2) is 8.42 Å². The van der Waals surface area contributed by atoms with Crippen LogP contribution in [0.5, 0.6) is 5.75 Å². The summed E-state index contributed by atoms with van der Waals surface area (Å²) in [7, 11) is -1.95. The normalized spacial score (nSPS) is 12.9. The molecule has 0 fully saturated rings. The van der Waals surface area contributed by atoms with Gasteiger partial charge in [0, 0.05) is 25.6 Å². The highest BCUT2D eigenvalue weighted by Gasteiger charge is 2.29. The molecular weight excluding hydrogens is 502 g/mol. The molecule has 0 aliphatic rings. The SMILES string of the molecule is CC[C@H](C)NC(=O)[C@H](CC)N(Cc1ccc(OC)cc1)C(=O)CCCN(c1cc(C)cc(C)c1)S(C)(=O)=O. The fourth-order valence-electron chi connectivity index (χ4n) is 4.39. The second kappa shape index (κ2) is 14.2. The Labute approximate surface area is 228 Å². The molecule has 210 valence electrons. The third kappa shape index (κ3) is 9.04. The van der Waals surface area contributed by atoms with E-state index in [1.54, 1.807) is 12.0 Å². The Kier molecular flexibility index (Phi) is 11.6. The number of amides is 2. The number of rotatable bonds is 14. The lowest BCUT2D eigenvalue weighted by molar-refractivity contribution is -0.141. The summed E-state index contributed by atoms with van der Waals surface area (Å²) in [6.45, 7) is 10.1. The van der Waals surface area contributed by atoms with Crippen molar-refractivity contribution in [3.63, 3.8) is 0 Å². The number of aryl methyl sites for hydroxylation is 2. The Hall–Kier alpha value is -3.07. The second-order valence-electron chi connectivity index (χ2n) is 9.90. The highest BCUT2D eigenvalue weighted by atomic mass is 32.2. The largest absolute Gasteiger partial charge is 0.497 e. The molecule has 0 radical (unpaired) electrons. The van der Waals surface area contributed by atoms with Crippen LogP contribution >= 0.6 is 0 Å². The maximum atomic E-state index is 13.6. The smallest absolute Gasteiger partial charge is 0.243 e. The van der Waals surface area contributed by atoms with E-state index in [2.05, 4.69) is 5.32 Å². The zero-order chi connectivity index (χ0) is 28.5. The van der Waals surface area contributed by atoms with Crippen molar-refractivity contribution in [1.29, 1.82) is 0 Å². The number of ether oxygens (including phenoxy) is 1. The maximum Gasteiger partial charge on any atom is 0.243 e. The second-order valence-corrected chi connectivity index (χ2v) is 11.8. The molecule has 2 aromatic carbocycles. The number of anilines is 1. The summed E-state index contributed by atoms with van der Waals surface area (Å²) in [5.74, 6) is 0.331. The molecule has 0 aromatic heterocycles. The van der Waals surface area contributed by atoms with E-state index in [4.69, 9.17) is 4.74 Å². The van der Waals surface area contributed by atoms with E-state index in [-0.39, 0.29) is 37.4 Å². The van der Waals surface area contributed by atoms with Gasteiger partial charge in [-0.05, 0) is 81.0 Å². The Bertz CT molecular complexity index is 1160. The van der Waals surface area contributed by atoms with E-state index < -0.39 is 16.1 Å². The number of methoxy groups -OCH3 is 1. The van der Waals surface area contributed by atoms with E-state index in [1.165, 1.54) is 10.6 Å². The first kappa shape index (κ1) is 31.1. The molecule has 2 rings (SSSR count). The van der Waals surface area contributed by atoms with Crippen LogP contribution in [0.4, 0.5) is 5.69 Å². The number of benzene rings is 2. The van der Waals surface area contributed by atoms with Crippen molar-refractivity contribution >= 4 is 27.5 Å². The molecule has 0 aliphatic carbocycles. The fraction of sp³-hybridized carbons (Fsp3) is 0.517. The molecule has 0 saturated heterocycles. The van der Waals surface area contributed by atoms with Gasteiger partial charge in [0.1, 0.15) is 11.8 Å². The Morgan fingerprint density at radius 1 is 1.00 bits per heavy atom. The van der Waals surface area contributed by atoms with Gasteiger partial charge in [0.15, 0.2) is 0 Å². The van der Waals surface area contributed by atoms with Crippen LogP contribution in [-0.4, -0.2) is 57.1 Å². The molecule has 0 bridgehead atoms. The van der Waals surface area contributed by atoms with Crippen LogP contribution in [0.25, 0.3) is 0 Å². The van der Waals surface area contributed by atoms with E-state index in [9.17, 15) is 18.0 Å².